The van der Waals surface area contributed by atoms with Crippen LogP contribution in [0.1, 0.15) is 25.8 Å². The molecule has 0 bridgehead atoms. The first-order chi connectivity index (χ1) is 9.08. The van der Waals surface area contributed by atoms with Crippen LogP contribution in [-0.4, -0.2) is 36.9 Å². The lowest BCUT2D eigenvalue weighted by Gasteiger charge is -2.34. The van der Waals surface area contributed by atoms with Gasteiger partial charge in [-0.05, 0) is 44.0 Å². The van der Waals surface area contributed by atoms with Crippen molar-refractivity contribution in [2.75, 3.05) is 31.1 Å². The second-order valence-electron chi connectivity index (χ2n) is 5.59. The molecule has 0 spiro atoms. The molecule has 0 aromatic heterocycles. The zero-order chi connectivity index (χ0) is 13.9. The number of nitrogens with zero attached hydrogens (tertiary/aromatic N) is 1. The van der Waals surface area contributed by atoms with Gasteiger partial charge in [0.1, 0.15) is 5.82 Å². The van der Waals surface area contributed by atoms with E-state index in [4.69, 9.17) is 0 Å². The molecule has 2 rings (SSSR count). The number of hydrogen-bond acceptors (Lipinski definition) is 3. The lowest BCUT2D eigenvalue weighted by atomic mass is 10.0. The molecule has 1 aromatic rings. The van der Waals surface area contributed by atoms with Crippen molar-refractivity contribution in [2.24, 2.45) is 0 Å². The molecule has 3 nitrogen and oxygen atoms in total. The van der Waals surface area contributed by atoms with Crippen LogP contribution < -0.4 is 10.2 Å². The molecule has 0 saturated heterocycles. The summed E-state index contributed by atoms with van der Waals surface area (Å²) in [6.07, 6.45) is 1.98. The minimum Gasteiger partial charge on any atom is -0.394 e. The fraction of sp³-hybridized carbons (Fsp3) is 0.600. The zero-order valence-electron chi connectivity index (χ0n) is 11.7. The van der Waals surface area contributed by atoms with E-state index in [-0.39, 0.29) is 18.0 Å². The smallest absolute Gasteiger partial charge is 0.125 e. The summed E-state index contributed by atoms with van der Waals surface area (Å²) in [5.41, 5.74) is 1.82. The van der Waals surface area contributed by atoms with E-state index >= 15 is 0 Å². The molecule has 1 heterocycles. The highest BCUT2D eigenvalue weighted by atomic mass is 19.1. The number of aliphatic hydroxyl groups is 1. The van der Waals surface area contributed by atoms with Crippen molar-refractivity contribution in [1.29, 1.82) is 0 Å². The predicted molar refractivity (Wildman–Crippen MR) is 76.1 cm³/mol. The summed E-state index contributed by atoms with van der Waals surface area (Å²) in [5.74, 6) is -0.196. The Balaban J connectivity index is 2.10. The number of hydrogen-bond donors (Lipinski definition) is 2. The Morgan fingerprint density at radius 1 is 1.47 bits per heavy atom. The summed E-state index contributed by atoms with van der Waals surface area (Å²) in [7, 11) is 0. The Morgan fingerprint density at radius 2 is 2.26 bits per heavy atom. The van der Waals surface area contributed by atoms with Gasteiger partial charge in [-0.25, -0.2) is 4.39 Å². The molecule has 106 valence electrons. The van der Waals surface area contributed by atoms with Gasteiger partial charge >= 0.3 is 0 Å². The van der Waals surface area contributed by atoms with Gasteiger partial charge in [0, 0.05) is 18.8 Å². The van der Waals surface area contributed by atoms with Crippen LogP contribution in [0.2, 0.25) is 0 Å². The number of halogens is 1. The minimum atomic E-state index is -0.343. The Labute approximate surface area is 114 Å². The van der Waals surface area contributed by atoms with Gasteiger partial charge in [0.25, 0.3) is 0 Å². The summed E-state index contributed by atoms with van der Waals surface area (Å²) >= 11 is 0. The molecule has 0 amide bonds. The largest absolute Gasteiger partial charge is 0.394 e. The van der Waals surface area contributed by atoms with Crippen LogP contribution in [0.4, 0.5) is 10.1 Å². The third-order valence-corrected chi connectivity index (χ3v) is 3.73. The van der Waals surface area contributed by atoms with Crippen molar-refractivity contribution >= 4 is 5.69 Å². The maximum Gasteiger partial charge on any atom is 0.125 e. The first-order valence-electron chi connectivity index (χ1n) is 6.97. The van der Waals surface area contributed by atoms with E-state index in [2.05, 4.69) is 17.1 Å². The second kappa shape index (κ2) is 5.88. The van der Waals surface area contributed by atoms with E-state index in [0.29, 0.717) is 6.54 Å². The van der Waals surface area contributed by atoms with Crippen LogP contribution in [-0.2, 0) is 6.42 Å². The number of nitrogens with one attached hydrogen (secondary N) is 1. The molecular weight excluding hydrogens is 243 g/mol. The van der Waals surface area contributed by atoms with Gasteiger partial charge in [-0.2, -0.15) is 0 Å². The quantitative estimate of drug-likeness (QED) is 0.826. The molecule has 1 aliphatic rings. The number of rotatable bonds is 6. The van der Waals surface area contributed by atoms with Crippen LogP contribution in [0.25, 0.3) is 0 Å². The third-order valence-electron chi connectivity index (χ3n) is 3.73. The van der Waals surface area contributed by atoms with Gasteiger partial charge in [0.15, 0.2) is 0 Å². The highest BCUT2D eigenvalue weighted by Gasteiger charge is 2.29. The average molecular weight is 266 g/mol. The Kier molecular flexibility index (Phi) is 4.42. The van der Waals surface area contributed by atoms with Gasteiger partial charge in [-0.3, -0.25) is 0 Å². The first-order valence-corrected chi connectivity index (χ1v) is 6.97. The van der Waals surface area contributed by atoms with Crippen molar-refractivity contribution in [2.45, 2.75) is 32.2 Å². The lowest BCUT2D eigenvalue weighted by molar-refractivity contribution is 0.178. The third kappa shape index (κ3) is 3.25. The maximum atomic E-state index is 13.4. The molecule has 0 aliphatic carbocycles. The summed E-state index contributed by atoms with van der Waals surface area (Å²) in [6, 6.07) is 4.98. The highest BCUT2D eigenvalue weighted by molar-refractivity contribution is 5.58. The molecular formula is C15H23FN2O. The molecule has 1 aliphatic heterocycles. The van der Waals surface area contributed by atoms with Crippen LogP contribution in [0, 0.1) is 5.82 Å². The van der Waals surface area contributed by atoms with Gasteiger partial charge in [-0.15, -0.1) is 0 Å². The summed E-state index contributed by atoms with van der Waals surface area (Å²) in [6.45, 7) is 6.66. The van der Waals surface area contributed by atoms with Crippen LogP contribution in [0.5, 0.6) is 0 Å². The lowest BCUT2D eigenvalue weighted by Crippen LogP contribution is -2.54. The Morgan fingerprint density at radius 3 is 2.95 bits per heavy atom. The van der Waals surface area contributed by atoms with E-state index in [9.17, 15) is 9.50 Å². The van der Waals surface area contributed by atoms with Gasteiger partial charge in [0.05, 0.1) is 12.1 Å². The SMILES string of the molecule is CCCNC(C)(CO)CN1CCc2ccc(F)cc21. The van der Waals surface area contributed by atoms with E-state index in [1.54, 1.807) is 6.07 Å². The average Bonchev–Trinajstić information content (AvgIpc) is 2.79. The molecule has 0 saturated carbocycles. The summed E-state index contributed by atoms with van der Waals surface area (Å²) in [4.78, 5) is 2.16. The molecule has 1 atom stereocenters. The molecule has 0 fully saturated rings. The maximum absolute atomic E-state index is 13.4. The Hall–Kier alpha value is -1.13. The molecule has 1 unspecified atom stereocenters. The summed E-state index contributed by atoms with van der Waals surface area (Å²) < 4.78 is 13.4. The van der Waals surface area contributed by atoms with Crippen molar-refractivity contribution in [3.8, 4) is 0 Å². The van der Waals surface area contributed by atoms with Gasteiger partial charge in [-0.1, -0.05) is 13.0 Å². The van der Waals surface area contributed by atoms with Gasteiger partial charge in [0.2, 0.25) is 0 Å². The standard InChI is InChI=1S/C15H23FN2O/c1-3-7-17-15(2,11-19)10-18-8-6-12-4-5-13(16)9-14(12)18/h4-5,9,17,19H,3,6-8,10-11H2,1-2H3. The van der Waals surface area contributed by atoms with Gasteiger partial charge < -0.3 is 15.3 Å². The first kappa shape index (κ1) is 14.3. The normalized spacial score (nSPS) is 17.4. The van der Waals surface area contributed by atoms with Crippen LogP contribution in [0.3, 0.4) is 0 Å². The fourth-order valence-corrected chi connectivity index (χ4v) is 2.59. The number of aliphatic hydroxyl groups excluding tert-OH is 1. The van der Waals surface area contributed by atoms with E-state index < -0.39 is 0 Å². The number of anilines is 1. The van der Waals surface area contributed by atoms with Crippen molar-refractivity contribution in [1.82, 2.24) is 5.32 Å². The topological polar surface area (TPSA) is 35.5 Å². The second-order valence-corrected chi connectivity index (χ2v) is 5.59. The zero-order valence-corrected chi connectivity index (χ0v) is 11.7. The molecule has 0 radical (unpaired) electrons. The van der Waals surface area contributed by atoms with Crippen molar-refractivity contribution < 1.29 is 9.50 Å². The summed E-state index contributed by atoms with van der Waals surface area (Å²) in [5, 5.41) is 13.0. The van der Waals surface area contributed by atoms with E-state index in [1.165, 1.54) is 11.6 Å². The fourth-order valence-electron chi connectivity index (χ4n) is 2.59. The van der Waals surface area contributed by atoms with E-state index in [1.807, 2.05) is 13.0 Å². The van der Waals surface area contributed by atoms with Crippen LogP contribution >= 0.6 is 0 Å². The minimum absolute atomic E-state index is 0.0775. The number of benzene rings is 1. The monoisotopic (exact) mass is 266 g/mol. The predicted octanol–water partition coefficient (Wildman–Crippen LogP) is 1.94. The molecule has 2 N–H and O–H groups in total. The van der Waals surface area contributed by atoms with Crippen molar-refractivity contribution in [3.05, 3.63) is 29.6 Å². The molecule has 4 heteroatoms. The van der Waals surface area contributed by atoms with Crippen molar-refractivity contribution in [3.63, 3.8) is 0 Å². The molecule has 1 aromatic carbocycles. The molecule has 19 heavy (non-hydrogen) atoms. The Bertz CT molecular complexity index is 438. The highest BCUT2D eigenvalue weighted by Crippen LogP contribution is 2.29. The van der Waals surface area contributed by atoms with E-state index in [0.717, 1.165) is 31.6 Å². The number of fused-ring (bicyclic) bond motifs is 1. The van der Waals surface area contributed by atoms with Crippen LogP contribution in [0.15, 0.2) is 18.2 Å².